The fourth-order valence-electron chi connectivity index (χ4n) is 2.75. The highest BCUT2D eigenvalue weighted by Gasteiger charge is 2.36. The number of hydrogen-bond donors (Lipinski definition) is 1. The molecule has 8 nitrogen and oxygen atoms in total. The van der Waals surface area contributed by atoms with Crippen molar-refractivity contribution in [3.05, 3.63) is 69.1 Å². The molecule has 0 spiro atoms. The minimum atomic E-state index is -0.632. The Hall–Kier alpha value is -3.61. The van der Waals surface area contributed by atoms with Crippen LogP contribution in [0.4, 0.5) is 10.5 Å². The molecule has 0 aromatic heterocycles. The average Bonchev–Trinajstić information content (AvgIpc) is 3.03. The number of carbonyl (C=O) groups excluding carboxylic acids is 4. The van der Waals surface area contributed by atoms with E-state index in [1.54, 1.807) is 31.2 Å². The van der Waals surface area contributed by atoms with Gasteiger partial charge in [-0.05, 0) is 60.7 Å². The summed E-state index contributed by atoms with van der Waals surface area (Å²) in [6.45, 7) is 1.33. The van der Waals surface area contributed by atoms with Gasteiger partial charge in [0.25, 0.3) is 11.1 Å². The van der Waals surface area contributed by atoms with E-state index in [0.29, 0.717) is 11.1 Å². The van der Waals surface area contributed by atoms with Crippen molar-refractivity contribution < 1.29 is 23.9 Å². The fraction of sp³-hybridized carbons (Fsp3) is 0.136. The Morgan fingerprint density at radius 3 is 2.59 bits per heavy atom. The third-order valence-corrected chi connectivity index (χ3v) is 5.50. The van der Waals surface area contributed by atoms with Crippen LogP contribution < -0.4 is 5.32 Å². The minimum Gasteiger partial charge on any atom is -0.462 e. The number of esters is 1. The Balaban J connectivity index is 1.69. The van der Waals surface area contributed by atoms with Gasteiger partial charge in [-0.2, -0.15) is 5.26 Å². The molecular weight excluding hydrogens is 454 g/mol. The number of amides is 3. The van der Waals surface area contributed by atoms with Crippen LogP contribution in [0.15, 0.2) is 47.4 Å². The SMILES string of the molecule is CCOC(=O)c1cc(NC(=O)CN2C(=O)S/C(=C/c3ccc(C#N)cc3)C2=O)ccc1Cl. The molecule has 10 heteroatoms. The maximum Gasteiger partial charge on any atom is 0.339 e. The summed E-state index contributed by atoms with van der Waals surface area (Å²) in [6, 6.07) is 12.8. The highest BCUT2D eigenvalue weighted by molar-refractivity contribution is 8.18. The quantitative estimate of drug-likeness (QED) is 0.500. The number of carbonyl (C=O) groups is 4. The summed E-state index contributed by atoms with van der Waals surface area (Å²) in [4.78, 5) is 50.2. The smallest absolute Gasteiger partial charge is 0.339 e. The normalized spacial score (nSPS) is 14.4. The van der Waals surface area contributed by atoms with Crippen molar-refractivity contribution in [1.29, 1.82) is 5.26 Å². The first-order chi connectivity index (χ1) is 15.3. The lowest BCUT2D eigenvalue weighted by molar-refractivity contribution is -0.127. The Labute approximate surface area is 192 Å². The van der Waals surface area contributed by atoms with E-state index in [-0.39, 0.29) is 27.8 Å². The third kappa shape index (κ3) is 5.35. The van der Waals surface area contributed by atoms with Crippen LogP contribution in [0.2, 0.25) is 5.02 Å². The zero-order chi connectivity index (χ0) is 23.3. The number of ether oxygens (including phenoxy) is 1. The molecule has 1 N–H and O–H groups in total. The molecule has 0 aliphatic carbocycles. The highest BCUT2D eigenvalue weighted by Crippen LogP contribution is 2.32. The van der Waals surface area contributed by atoms with Gasteiger partial charge in [-0.1, -0.05) is 23.7 Å². The maximum absolute atomic E-state index is 12.6. The van der Waals surface area contributed by atoms with E-state index in [1.165, 1.54) is 24.3 Å². The number of imide groups is 1. The van der Waals surface area contributed by atoms with E-state index < -0.39 is 29.6 Å². The Kier molecular flexibility index (Phi) is 7.30. The summed E-state index contributed by atoms with van der Waals surface area (Å²) in [5.41, 5.74) is 1.47. The molecule has 1 saturated heterocycles. The second-order valence-corrected chi connectivity index (χ2v) is 7.87. The van der Waals surface area contributed by atoms with Crippen LogP contribution in [0.25, 0.3) is 6.08 Å². The van der Waals surface area contributed by atoms with Gasteiger partial charge >= 0.3 is 5.97 Å². The molecule has 32 heavy (non-hydrogen) atoms. The van der Waals surface area contributed by atoms with Gasteiger partial charge in [0, 0.05) is 5.69 Å². The predicted octanol–water partition coefficient (Wildman–Crippen LogP) is 4.06. The molecule has 1 fully saturated rings. The lowest BCUT2D eigenvalue weighted by Gasteiger charge is -2.13. The van der Waals surface area contributed by atoms with Gasteiger partial charge in [0.1, 0.15) is 6.54 Å². The number of anilines is 1. The van der Waals surface area contributed by atoms with Crippen molar-refractivity contribution in [2.45, 2.75) is 6.92 Å². The van der Waals surface area contributed by atoms with E-state index in [4.69, 9.17) is 21.6 Å². The molecule has 2 aromatic carbocycles. The van der Waals surface area contributed by atoms with E-state index in [1.807, 2.05) is 6.07 Å². The topological polar surface area (TPSA) is 117 Å². The van der Waals surface area contributed by atoms with Crippen LogP contribution in [-0.4, -0.2) is 41.1 Å². The number of thioether (sulfide) groups is 1. The summed E-state index contributed by atoms with van der Waals surface area (Å²) in [6.07, 6.45) is 1.52. The molecule has 0 unspecified atom stereocenters. The zero-order valence-corrected chi connectivity index (χ0v) is 18.3. The average molecular weight is 470 g/mol. The van der Waals surface area contributed by atoms with Crippen LogP contribution in [0.3, 0.4) is 0 Å². The first-order valence-electron chi connectivity index (χ1n) is 9.34. The Morgan fingerprint density at radius 2 is 1.94 bits per heavy atom. The molecule has 1 aliphatic heterocycles. The van der Waals surface area contributed by atoms with Crippen molar-refractivity contribution >= 4 is 58.1 Å². The second-order valence-electron chi connectivity index (χ2n) is 6.46. The second kappa shape index (κ2) is 10.1. The molecule has 162 valence electrons. The number of hydrogen-bond acceptors (Lipinski definition) is 7. The Bertz CT molecular complexity index is 1170. The minimum absolute atomic E-state index is 0.0860. The van der Waals surface area contributed by atoms with Gasteiger partial charge in [0.05, 0.1) is 33.7 Å². The number of halogens is 1. The van der Waals surface area contributed by atoms with Crippen molar-refractivity contribution in [2.75, 3.05) is 18.5 Å². The molecule has 0 radical (unpaired) electrons. The lowest BCUT2D eigenvalue weighted by Crippen LogP contribution is -2.36. The Morgan fingerprint density at radius 1 is 1.22 bits per heavy atom. The first-order valence-corrected chi connectivity index (χ1v) is 10.5. The molecule has 2 aromatic rings. The number of rotatable bonds is 6. The summed E-state index contributed by atoms with van der Waals surface area (Å²) in [5.74, 6) is -1.85. The molecule has 1 aliphatic rings. The number of nitriles is 1. The lowest BCUT2D eigenvalue weighted by atomic mass is 10.1. The van der Waals surface area contributed by atoms with E-state index in [2.05, 4.69) is 5.32 Å². The monoisotopic (exact) mass is 469 g/mol. The van der Waals surface area contributed by atoms with Gasteiger partial charge in [-0.3, -0.25) is 19.3 Å². The zero-order valence-electron chi connectivity index (χ0n) is 16.8. The molecular formula is C22H16ClN3O5S. The van der Waals surface area contributed by atoms with Crippen molar-refractivity contribution in [1.82, 2.24) is 4.90 Å². The van der Waals surface area contributed by atoms with E-state index >= 15 is 0 Å². The number of nitrogens with one attached hydrogen (secondary N) is 1. The summed E-state index contributed by atoms with van der Waals surface area (Å²) in [7, 11) is 0. The highest BCUT2D eigenvalue weighted by atomic mass is 35.5. The predicted molar refractivity (Wildman–Crippen MR) is 120 cm³/mol. The van der Waals surface area contributed by atoms with Crippen LogP contribution in [0.1, 0.15) is 28.4 Å². The number of nitrogens with zero attached hydrogens (tertiary/aromatic N) is 2. The van der Waals surface area contributed by atoms with Crippen LogP contribution in [0, 0.1) is 11.3 Å². The summed E-state index contributed by atoms with van der Waals surface area (Å²) in [5, 5.41) is 11.0. The first kappa shape index (κ1) is 23.1. The molecule has 0 saturated carbocycles. The third-order valence-electron chi connectivity index (χ3n) is 4.26. The van der Waals surface area contributed by atoms with Gasteiger partial charge in [-0.25, -0.2) is 4.79 Å². The maximum atomic E-state index is 12.6. The number of benzene rings is 2. The summed E-state index contributed by atoms with van der Waals surface area (Å²) < 4.78 is 4.92. The van der Waals surface area contributed by atoms with Gasteiger partial charge < -0.3 is 10.1 Å². The standard InChI is InChI=1S/C22H16ClN3O5S/c1-2-31-21(29)16-10-15(7-8-17(16)23)25-19(27)12-26-20(28)18(32-22(26)30)9-13-3-5-14(11-24)6-4-13/h3-10H,2,12H2,1H3,(H,25,27)/b18-9+. The summed E-state index contributed by atoms with van der Waals surface area (Å²) >= 11 is 6.73. The van der Waals surface area contributed by atoms with Crippen molar-refractivity contribution in [2.24, 2.45) is 0 Å². The molecule has 0 bridgehead atoms. The van der Waals surface area contributed by atoms with Gasteiger partial charge in [0.2, 0.25) is 5.91 Å². The van der Waals surface area contributed by atoms with Crippen LogP contribution >= 0.6 is 23.4 Å². The largest absolute Gasteiger partial charge is 0.462 e. The molecule has 0 atom stereocenters. The van der Waals surface area contributed by atoms with Crippen molar-refractivity contribution in [3.8, 4) is 6.07 Å². The van der Waals surface area contributed by atoms with Crippen molar-refractivity contribution in [3.63, 3.8) is 0 Å². The molecule has 3 rings (SSSR count). The van der Waals surface area contributed by atoms with E-state index in [9.17, 15) is 19.2 Å². The molecule has 3 amide bonds. The fourth-order valence-corrected chi connectivity index (χ4v) is 3.79. The van der Waals surface area contributed by atoms with Crippen LogP contribution in [0.5, 0.6) is 0 Å². The molecule has 1 heterocycles. The van der Waals surface area contributed by atoms with E-state index in [0.717, 1.165) is 16.7 Å². The van der Waals surface area contributed by atoms with Gasteiger partial charge in [-0.15, -0.1) is 0 Å². The van der Waals surface area contributed by atoms with Crippen LogP contribution in [-0.2, 0) is 14.3 Å². The van der Waals surface area contributed by atoms with Gasteiger partial charge in [0.15, 0.2) is 0 Å².